The second-order valence-corrected chi connectivity index (χ2v) is 10.5. The van der Waals surface area contributed by atoms with Gasteiger partial charge in [0.1, 0.15) is 18.0 Å². The number of carboxylic acid groups (broad SMARTS) is 2. The summed E-state index contributed by atoms with van der Waals surface area (Å²) in [6.45, 7) is 0.758. The van der Waals surface area contributed by atoms with Gasteiger partial charge in [-0.3, -0.25) is 14.4 Å². The average Bonchev–Trinajstić information content (AvgIpc) is 3.11. The van der Waals surface area contributed by atoms with Gasteiger partial charge in [0.2, 0.25) is 5.91 Å². The first-order valence-electron chi connectivity index (χ1n) is 14.7. The number of aryl methyl sites for hydroxylation is 1. The van der Waals surface area contributed by atoms with Gasteiger partial charge in [-0.05, 0) is 73.3 Å². The number of fused-ring (bicyclic) bond motifs is 1. The van der Waals surface area contributed by atoms with Crippen molar-refractivity contribution in [3.63, 3.8) is 0 Å². The molecular weight excluding hydrogens is 607 g/mol. The van der Waals surface area contributed by atoms with E-state index in [0.29, 0.717) is 23.5 Å². The zero-order valence-electron chi connectivity index (χ0n) is 25.0. The predicted octanol–water partition coefficient (Wildman–Crippen LogP) is 5.64. The summed E-state index contributed by atoms with van der Waals surface area (Å²) in [5.74, 6) is -2.94. The summed E-state index contributed by atoms with van der Waals surface area (Å²) in [6, 6.07) is 22.7. The Kier molecular flexibility index (Phi) is 13.1. The summed E-state index contributed by atoms with van der Waals surface area (Å²) in [7, 11) is 0. The lowest BCUT2D eigenvalue weighted by Gasteiger charge is -2.23. The van der Waals surface area contributed by atoms with Crippen LogP contribution in [0, 0.1) is 0 Å². The zero-order chi connectivity index (χ0) is 33.7. The van der Waals surface area contributed by atoms with Crippen LogP contribution in [-0.4, -0.2) is 64.7 Å². The zero-order valence-corrected chi connectivity index (χ0v) is 25.0. The minimum absolute atomic E-state index is 0.0258. The molecule has 3 aromatic carbocycles. The van der Waals surface area contributed by atoms with Crippen LogP contribution in [-0.2, 0) is 27.3 Å². The van der Waals surface area contributed by atoms with Gasteiger partial charge in [0, 0.05) is 6.54 Å². The van der Waals surface area contributed by atoms with E-state index in [-0.39, 0.29) is 37.9 Å². The molecule has 246 valence electrons. The normalized spacial score (nSPS) is 13.0. The summed E-state index contributed by atoms with van der Waals surface area (Å²) in [4.78, 5) is 50.0. The van der Waals surface area contributed by atoms with Crippen LogP contribution < -0.4 is 15.4 Å². The van der Waals surface area contributed by atoms with Gasteiger partial charge in [-0.2, -0.15) is 13.2 Å². The highest BCUT2D eigenvalue weighted by Crippen LogP contribution is 2.30. The van der Waals surface area contributed by atoms with E-state index in [1.807, 2.05) is 72.8 Å². The van der Waals surface area contributed by atoms with Crippen molar-refractivity contribution in [1.29, 1.82) is 0 Å². The summed E-state index contributed by atoms with van der Waals surface area (Å²) in [6.07, 6.45) is -0.384. The van der Waals surface area contributed by atoms with Crippen LogP contribution >= 0.6 is 0 Å². The van der Waals surface area contributed by atoms with E-state index in [4.69, 9.17) is 20.4 Å². The number of amides is 2. The molecule has 4 rings (SSSR count). The summed E-state index contributed by atoms with van der Waals surface area (Å²) in [5.41, 5.74) is 8.45. The second-order valence-electron chi connectivity index (χ2n) is 10.5. The van der Waals surface area contributed by atoms with Gasteiger partial charge >= 0.3 is 18.1 Å². The van der Waals surface area contributed by atoms with E-state index in [0.717, 1.165) is 49.0 Å². The van der Waals surface area contributed by atoms with E-state index >= 15 is 0 Å². The Hall–Kier alpha value is -4.91. The highest BCUT2D eigenvalue weighted by Gasteiger charge is 2.38. The Morgan fingerprint density at radius 1 is 0.848 bits per heavy atom. The number of hydrogen-bond acceptors (Lipinski definition) is 6. The highest BCUT2D eigenvalue weighted by atomic mass is 19.4. The smallest absolute Gasteiger partial charge is 0.481 e. The minimum atomic E-state index is -5.08. The number of benzene rings is 3. The van der Waals surface area contributed by atoms with Crippen LogP contribution in [0.15, 0.2) is 72.8 Å². The summed E-state index contributed by atoms with van der Waals surface area (Å²) in [5, 5.41) is 16.3. The number of ether oxygens (including phenoxy) is 1. The van der Waals surface area contributed by atoms with Gasteiger partial charge < -0.3 is 30.5 Å². The maximum absolute atomic E-state index is 13.5. The molecule has 10 nitrogen and oxygen atoms in total. The fourth-order valence-corrected chi connectivity index (χ4v) is 4.65. The first-order chi connectivity index (χ1) is 21.9. The molecule has 0 spiro atoms. The van der Waals surface area contributed by atoms with Crippen molar-refractivity contribution >= 4 is 29.4 Å². The topological polar surface area (TPSA) is 150 Å². The van der Waals surface area contributed by atoms with Crippen LogP contribution in [0.1, 0.15) is 53.6 Å². The standard InChI is InChI=1S/C31H35N3O5.C2HF3O2/c32-18-7-2-1-4-8-23-13-16-28-27(20-23)31(38)33(19-17-30(36)37)22-29(35)34(28)21-24-11-14-26(15-12-24)39-25-9-5-3-6-10-25;3-2(4,5)1(6)7/h3,5-6,9-16,20H,1-2,4,7-8,17-19,21-22,32H2,(H,36,37);(H,6,7). The summed E-state index contributed by atoms with van der Waals surface area (Å²) >= 11 is 0. The fourth-order valence-electron chi connectivity index (χ4n) is 4.65. The number of nitrogens with two attached hydrogens (primary N) is 1. The molecule has 1 heterocycles. The molecule has 0 aromatic heterocycles. The van der Waals surface area contributed by atoms with Crippen molar-refractivity contribution in [3.8, 4) is 11.5 Å². The first kappa shape index (κ1) is 35.6. The number of rotatable bonds is 13. The van der Waals surface area contributed by atoms with Crippen LogP contribution in [0.2, 0.25) is 0 Å². The fraction of sp³-hybridized carbons (Fsp3) is 0.333. The van der Waals surface area contributed by atoms with Crippen molar-refractivity contribution in [3.05, 3.63) is 89.5 Å². The Morgan fingerprint density at radius 3 is 2.07 bits per heavy atom. The van der Waals surface area contributed by atoms with Gasteiger partial charge in [-0.25, -0.2) is 4.79 Å². The summed E-state index contributed by atoms with van der Waals surface area (Å²) < 4.78 is 37.6. The molecular formula is C33H36F3N3O7. The van der Waals surface area contributed by atoms with Gasteiger partial charge in [-0.1, -0.05) is 49.2 Å². The van der Waals surface area contributed by atoms with Gasteiger partial charge in [0.25, 0.3) is 5.91 Å². The number of unbranched alkanes of at least 4 members (excludes halogenated alkanes) is 3. The van der Waals surface area contributed by atoms with E-state index in [1.165, 1.54) is 4.90 Å². The molecule has 1 aliphatic heterocycles. The molecule has 0 bridgehead atoms. The van der Waals surface area contributed by atoms with Crippen molar-refractivity contribution < 1.29 is 47.3 Å². The third-order valence-corrected chi connectivity index (χ3v) is 7.00. The van der Waals surface area contributed by atoms with Crippen LogP contribution in [0.4, 0.5) is 18.9 Å². The number of aliphatic carboxylic acids is 2. The molecule has 0 radical (unpaired) electrons. The maximum Gasteiger partial charge on any atom is 0.490 e. The number of para-hydroxylation sites is 1. The molecule has 4 N–H and O–H groups in total. The number of carbonyl (C=O) groups excluding carboxylic acids is 2. The Balaban J connectivity index is 0.000000738. The lowest BCUT2D eigenvalue weighted by atomic mass is 10.0. The van der Waals surface area contributed by atoms with E-state index in [1.54, 1.807) is 4.90 Å². The Bertz CT molecular complexity index is 1480. The third-order valence-electron chi connectivity index (χ3n) is 7.00. The number of halogens is 3. The molecule has 0 aliphatic carbocycles. The monoisotopic (exact) mass is 643 g/mol. The first-order valence-corrected chi connectivity index (χ1v) is 14.7. The molecule has 3 aromatic rings. The van der Waals surface area contributed by atoms with Gasteiger partial charge in [0.15, 0.2) is 0 Å². The Labute approximate surface area is 264 Å². The molecule has 0 atom stereocenters. The number of hydrogen-bond donors (Lipinski definition) is 3. The molecule has 0 saturated heterocycles. The van der Waals surface area contributed by atoms with Crippen LogP contribution in [0.5, 0.6) is 11.5 Å². The number of alkyl halides is 3. The van der Waals surface area contributed by atoms with E-state index in [2.05, 4.69) is 0 Å². The molecule has 0 unspecified atom stereocenters. The lowest BCUT2D eigenvalue weighted by Crippen LogP contribution is -2.40. The Morgan fingerprint density at radius 2 is 1.46 bits per heavy atom. The molecule has 46 heavy (non-hydrogen) atoms. The quantitative estimate of drug-likeness (QED) is 0.203. The SMILES string of the molecule is NCCCCCCc1ccc2c(c1)C(=O)N(CCC(=O)O)CC(=O)N2Cc1ccc(Oc2ccccc2)cc1.O=C(O)C(F)(F)F. The number of nitrogens with zero attached hydrogens (tertiary/aromatic N) is 2. The highest BCUT2D eigenvalue weighted by molar-refractivity contribution is 6.09. The second kappa shape index (κ2) is 17.0. The van der Waals surface area contributed by atoms with Crippen molar-refractivity contribution in [2.24, 2.45) is 5.73 Å². The van der Waals surface area contributed by atoms with Gasteiger partial charge in [-0.15, -0.1) is 0 Å². The largest absolute Gasteiger partial charge is 0.490 e. The molecule has 2 amide bonds. The van der Waals surface area contributed by atoms with Crippen molar-refractivity contribution in [2.45, 2.75) is 51.2 Å². The van der Waals surface area contributed by atoms with Crippen molar-refractivity contribution in [1.82, 2.24) is 4.90 Å². The molecule has 1 aliphatic rings. The maximum atomic E-state index is 13.5. The number of carboxylic acids is 2. The van der Waals surface area contributed by atoms with E-state index < -0.39 is 18.1 Å². The minimum Gasteiger partial charge on any atom is -0.481 e. The molecule has 0 fully saturated rings. The average molecular weight is 644 g/mol. The van der Waals surface area contributed by atoms with Crippen LogP contribution in [0.3, 0.4) is 0 Å². The van der Waals surface area contributed by atoms with Crippen molar-refractivity contribution in [2.75, 3.05) is 24.5 Å². The van der Waals surface area contributed by atoms with E-state index in [9.17, 15) is 32.7 Å². The predicted molar refractivity (Wildman–Crippen MR) is 164 cm³/mol. The molecule has 0 saturated carbocycles. The lowest BCUT2D eigenvalue weighted by molar-refractivity contribution is -0.192. The number of anilines is 1. The molecule has 13 heteroatoms. The van der Waals surface area contributed by atoms with Crippen LogP contribution in [0.25, 0.3) is 0 Å². The van der Waals surface area contributed by atoms with Gasteiger partial charge in [0.05, 0.1) is 24.2 Å². The third kappa shape index (κ3) is 10.9. The number of carbonyl (C=O) groups is 4.